The van der Waals surface area contributed by atoms with Crippen molar-refractivity contribution in [3.63, 3.8) is 0 Å². The minimum atomic E-state index is -0.358. The number of nitrogens with zero attached hydrogens (tertiary/aromatic N) is 1. The summed E-state index contributed by atoms with van der Waals surface area (Å²) in [5.41, 5.74) is 3.69. The molecule has 1 saturated carbocycles. The molecule has 0 bridgehead atoms. The maximum absolute atomic E-state index is 13.9. The molecule has 5 rings (SSSR count). The standard InChI is InChI=1S/C30H28BrCl2FN2O3/c31-26-11-6-21(34)16-28(26)39-15-14-38-23-9-4-19(5-10-23)24-12-13-35-17-25(24)30(37)36(22-7-8-22)18-20-2-1-3-27(32)29(20)33/h1-6,9-11,16,22,35H,7-8,12-15,17-18H2. The summed E-state index contributed by atoms with van der Waals surface area (Å²) in [6.45, 7) is 2.33. The lowest BCUT2D eigenvalue weighted by molar-refractivity contribution is -0.128. The number of rotatable bonds is 10. The Kier molecular flexibility index (Phi) is 9.13. The molecular formula is C30H28BrCl2FN2O3. The molecule has 3 aromatic rings. The Hall–Kier alpha value is -2.58. The first-order valence-electron chi connectivity index (χ1n) is 12.9. The van der Waals surface area contributed by atoms with E-state index in [1.807, 2.05) is 41.3 Å². The van der Waals surface area contributed by atoms with E-state index >= 15 is 0 Å². The molecule has 1 N–H and O–H groups in total. The minimum absolute atomic E-state index is 0.0386. The summed E-state index contributed by atoms with van der Waals surface area (Å²) < 4.78 is 25.6. The van der Waals surface area contributed by atoms with Gasteiger partial charge in [0, 0.05) is 30.8 Å². The Bertz CT molecular complexity index is 1380. The lowest BCUT2D eigenvalue weighted by Crippen LogP contribution is -2.39. The molecule has 0 aromatic heterocycles. The number of amides is 1. The van der Waals surface area contributed by atoms with Gasteiger partial charge in [-0.05, 0) is 88.8 Å². The van der Waals surface area contributed by atoms with E-state index in [0.29, 0.717) is 45.7 Å². The lowest BCUT2D eigenvalue weighted by Gasteiger charge is -2.28. The Morgan fingerprint density at radius 1 is 1.05 bits per heavy atom. The predicted octanol–water partition coefficient (Wildman–Crippen LogP) is 7.29. The van der Waals surface area contributed by atoms with Gasteiger partial charge in [0.15, 0.2) is 0 Å². The van der Waals surface area contributed by atoms with Crippen LogP contribution in [0.1, 0.15) is 30.4 Å². The van der Waals surface area contributed by atoms with Gasteiger partial charge in [0.1, 0.15) is 30.5 Å². The van der Waals surface area contributed by atoms with Crippen molar-refractivity contribution in [1.82, 2.24) is 10.2 Å². The van der Waals surface area contributed by atoms with Crippen molar-refractivity contribution in [3.05, 3.63) is 97.7 Å². The summed E-state index contributed by atoms with van der Waals surface area (Å²) in [5, 5.41) is 4.35. The summed E-state index contributed by atoms with van der Waals surface area (Å²) in [6.07, 6.45) is 2.74. The maximum atomic E-state index is 13.9. The molecular weight excluding hydrogens is 606 g/mol. The van der Waals surface area contributed by atoms with E-state index in [4.69, 9.17) is 32.7 Å². The molecule has 9 heteroatoms. The van der Waals surface area contributed by atoms with Crippen molar-refractivity contribution in [1.29, 1.82) is 0 Å². The summed E-state index contributed by atoms with van der Waals surface area (Å²) in [4.78, 5) is 15.8. The van der Waals surface area contributed by atoms with Gasteiger partial charge in [-0.25, -0.2) is 4.39 Å². The van der Waals surface area contributed by atoms with Crippen LogP contribution in [0.25, 0.3) is 5.57 Å². The first-order chi connectivity index (χ1) is 18.9. The minimum Gasteiger partial charge on any atom is -0.490 e. The molecule has 3 aromatic carbocycles. The molecule has 5 nitrogen and oxygen atoms in total. The fraction of sp³-hybridized carbons (Fsp3) is 0.300. The summed E-state index contributed by atoms with van der Waals surface area (Å²) in [5.74, 6) is 0.806. The van der Waals surface area contributed by atoms with E-state index in [9.17, 15) is 9.18 Å². The van der Waals surface area contributed by atoms with Crippen LogP contribution in [-0.2, 0) is 11.3 Å². The van der Waals surface area contributed by atoms with Crippen LogP contribution in [-0.4, -0.2) is 43.2 Å². The number of carbonyl (C=O) groups excluding carboxylic acids is 1. The SMILES string of the molecule is O=C(C1=C(c2ccc(OCCOc3cc(F)ccc3Br)cc2)CCNC1)N(Cc1cccc(Cl)c1Cl)C1CC1. The number of hydrogen-bond donors (Lipinski definition) is 1. The largest absolute Gasteiger partial charge is 0.490 e. The molecule has 0 unspecified atom stereocenters. The summed E-state index contributed by atoms with van der Waals surface area (Å²) >= 11 is 16.0. The second-order valence-corrected chi connectivity index (χ2v) is 11.2. The monoisotopic (exact) mass is 632 g/mol. The molecule has 0 radical (unpaired) electrons. The van der Waals surface area contributed by atoms with Gasteiger partial charge in [-0.1, -0.05) is 47.5 Å². The molecule has 1 fully saturated rings. The highest BCUT2D eigenvalue weighted by Gasteiger charge is 2.35. The quantitative estimate of drug-likeness (QED) is 0.238. The second-order valence-electron chi connectivity index (χ2n) is 9.56. The fourth-order valence-electron chi connectivity index (χ4n) is 4.64. The zero-order chi connectivity index (χ0) is 27.4. The first kappa shape index (κ1) is 28.0. The summed E-state index contributed by atoms with van der Waals surface area (Å²) in [6, 6.07) is 17.8. The molecule has 1 amide bonds. The van der Waals surface area contributed by atoms with Crippen molar-refractivity contribution < 1.29 is 18.7 Å². The highest BCUT2D eigenvalue weighted by atomic mass is 79.9. The fourth-order valence-corrected chi connectivity index (χ4v) is 5.38. The first-order valence-corrected chi connectivity index (χ1v) is 14.4. The zero-order valence-corrected chi connectivity index (χ0v) is 24.3. The van der Waals surface area contributed by atoms with E-state index < -0.39 is 0 Å². The van der Waals surface area contributed by atoms with Gasteiger partial charge in [-0.15, -0.1) is 0 Å². The molecule has 2 aliphatic rings. The number of carbonyl (C=O) groups is 1. The average molecular weight is 634 g/mol. The third kappa shape index (κ3) is 6.95. The van der Waals surface area contributed by atoms with Crippen molar-refractivity contribution in [2.75, 3.05) is 26.3 Å². The van der Waals surface area contributed by atoms with Crippen LogP contribution in [0.2, 0.25) is 10.0 Å². The van der Waals surface area contributed by atoms with Gasteiger partial charge in [0.2, 0.25) is 0 Å². The van der Waals surface area contributed by atoms with E-state index in [2.05, 4.69) is 21.2 Å². The summed E-state index contributed by atoms with van der Waals surface area (Å²) in [7, 11) is 0. The van der Waals surface area contributed by atoms with E-state index in [-0.39, 0.29) is 24.4 Å². The number of ether oxygens (including phenoxy) is 2. The molecule has 0 spiro atoms. The zero-order valence-electron chi connectivity index (χ0n) is 21.2. The third-order valence-corrected chi connectivity index (χ3v) is 8.32. The van der Waals surface area contributed by atoms with Gasteiger partial charge < -0.3 is 19.7 Å². The molecule has 0 saturated heterocycles. The van der Waals surface area contributed by atoms with Gasteiger partial charge >= 0.3 is 0 Å². The molecule has 1 aliphatic heterocycles. The molecule has 1 heterocycles. The second kappa shape index (κ2) is 12.7. The van der Waals surface area contributed by atoms with Crippen LogP contribution >= 0.6 is 39.1 Å². The molecule has 204 valence electrons. The smallest absolute Gasteiger partial charge is 0.251 e. The Morgan fingerprint density at radius 2 is 1.82 bits per heavy atom. The average Bonchev–Trinajstić information content (AvgIpc) is 3.79. The third-order valence-electron chi connectivity index (χ3n) is 6.80. The van der Waals surface area contributed by atoms with Gasteiger partial charge in [-0.2, -0.15) is 0 Å². The van der Waals surface area contributed by atoms with Crippen molar-refractivity contribution in [2.45, 2.75) is 31.8 Å². The highest BCUT2D eigenvalue weighted by molar-refractivity contribution is 9.10. The molecule has 0 atom stereocenters. The van der Waals surface area contributed by atoms with Crippen LogP contribution in [0.3, 0.4) is 0 Å². The van der Waals surface area contributed by atoms with Crippen molar-refractivity contribution >= 4 is 50.6 Å². The van der Waals surface area contributed by atoms with Gasteiger partial charge in [0.25, 0.3) is 5.91 Å². The highest BCUT2D eigenvalue weighted by Crippen LogP contribution is 2.35. The van der Waals surface area contributed by atoms with Crippen LogP contribution in [0.5, 0.6) is 11.5 Å². The number of benzene rings is 3. The van der Waals surface area contributed by atoms with E-state index in [1.54, 1.807) is 12.1 Å². The Morgan fingerprint density at radius 3 is 2.59 bits per heavy atom. The topological polar surface area (TPSA) is 50.8 Å². The molecule has 1 aliphatic carbocycles. The number of nitrogens with one attached hydrogen (secondary N) is 1. The lowest BCUT2D eigenvalue weighted by atomic mass is 9.93. The van der Waals surface area contributed by atoms with Gasteiger partial charge in [0.05, 0.1) is 14.5 Å². The molecule has 39 heavy (non-hydrogen) atoms. The Balaban J connectivity index is 1.26. The normalized spacial score (nSPS) is 15.3. The number of halogens is 4. The van der Waals surface area contributed by atoms with Crippen LogP contribution in [0.15, 0.2) is 70.7 Å². The van der Waals surface area contributed by atoms with E-state index in [0.717, 1.165) is 48.1 Å². The predicted molar refractivity (Wildman–Crippen MR) is 156 cm³/mol. The maximum Gasteiger partial charge on any atom is 0.251 e. The van der Waals surface area contributed by atoms with Crippen molar-refractivity contribution in [3.8, 4) is 11.5 Å². The Labute approximate surface area is 246 Å². The van der Waals surface area contributed by atoms with Crippen LogP contribution < -0.4 is 14.8 Å². The van der Waals surface area contributed by atoms with Crippen LogP contribution in [0.4, 0.5) is 4.39 Å². The van der Waals surface area contributed by atoms with Crippen LogP contribution in [0, 0.1) is 5.82 Å². The number of hydrogen-bond acceptors (Lipinski definition) is 4. The van der Waals surface area contributed by atoms with Gasteiger partial charge in [-0.3, -0.25) is 4.79 Å². The van der Waals surface area contributed by atoms with E-state index in [1.165, 1.54) is 12.1 Å². The van der Waals surface area contributed by atoms with Crippen molar-refractivity contribution in [2.24, 2.45) is 0 Å².